The van der Waals surface area contributed by atoms with E-state index in [4.69, 9.17) is 9.15 Å². The van der Waals surface area contributed by atoms with Gasteiger partial charge in [0.2, 0.25) is 0 Å². The largest absolute Gasteiger partial charge is 0.465 e. The number of benzene rings is 1. The minimum Gasteiger partial charge on any atom is -0.465 e. The van der Waals surface area contributed by atoms with Crippen LogP contribution in [0.3, 0.4) is 0 Å². The summed E-state index contributed by atoms with van der Waals surface area (Å²) in [7, 11) is 0. The molecule has 0 atom stereocenters. The maximum Gasteiger partial charge on any atom is 0.416 e. The molecule has 0 radical (unpaired) electrons. The molecule has 8 heteroatoms. The molecule has 2 aromatic rings. The molecule has 0 N–H and O–H groups in total. The lowest BCUT2D eigenvalue weighted by Gasteiger charge is -2.20. The molecule has 1 aromatic carbocycles. The van der Waals surface area contributed by atoms with E-state index in [1.807, 2.05) is 0 Å². The van der Waals surface area contributed by atoms with Gasteiger partial charge in [0, 0.05) is 11.6 Å². The van der Waals surface area contributed by atoms with Gasteiger partial charge >= 0.3 is 12.1 Å². The van der Waals surface area contributed by atoms with Crippen molar-refractivity contribution in [2.45, 2.75) is 32.0 Å². The number of carbonyl (C=O) groups excluding carboxylic acids is 2. The van der Waals surface area contributed by atoms with E-state index in [-0.39, 0.29) is 36.3 Å². The van der Waals surface area contributed by atoms with Crippen LogP contribution in [-0.4, -0.2) is 36.0 Å². The fourth-order valence-electron chi connectivity index (χ4n) is 2.70. The number of halogens is 3. The molecule has 0 aliphatic heterocycles. The quantitative estimate of drug-likeness (QED) is 0.706. The lowest BCUT2D eigenvalue weighted by molar-refractivity contribution is -0.144. The molecule has 3 rings (SSSR count). The van der Waals surface area contributed by atoms with Gasteiger partial charge in [-0.2, -0.15) is 13.2 Å². The smallest absolute Gasteiger partial charge is 0.416 e. The maximum absolute atomic E-state index is 12.9. The zero-order valence-corrected chi connectivity index (χ0v) is 14.6. The molecule has 5 nitrogen and oxygen atoms in total. The van der Waals surface area contributed by atoms with Crippen LogP contribution < -0.4 is 0 Å². The van der Waals surface area contributed by atoms with Gasteiger partial charge < -0.3 is 14.1 Å². The van der Waals surface area contributed by atoms with Gasteiger partial charge in [0.05, 0.1) is 12.2 Å². The van der Waals surface area contributed by atoms with Crippen molar-refractivity contribution >= 4 is 11.9 Å². The second-order valence-corrected chi connectivity index (χ2v) is 6.21. The second kappa shape index (κ2) is 7.46. The van der Waals surface area contributed by atoms with Crippen LogP contribution in [0.1, 0.15) is 35.9 Å². The first-order chi connectivity index (χ1) is 12.8. The molecular formula is C19H18F3NO4. The van der Waals surface area contributed by atoms with Gasteiger partial charge in [-0.05, 0) is 44.0 Å². The number of carbonyl (C=O) groups is 2. The highest BCUT2D eigenvalue weighted by atomic mass is 19.4. The molecule has 0 spiro atoms. The van der Waals surface area contributed by atoms with E-state index in [1.54, 1.807) is 6.92 Å². The van der Waals surface area contributed by atoms with Crippen molar-refractivity contribution < 1.29 is 31.9 Å². The maximum atomic E-state index is 12.9. The molecule has 0 bridgehead atoms. The average molecular weight is 381 g/mol. The normalized spacial score (nSPS) is 14.1. The number of nitrogens with zero attached hydrogens (tertiary/aromatic N) is 1. The summed E-state index contributed by atoms with van der Waals surface area (Å²) in [6, 6.07) is 7.47. The molecule has 1 saturated carbocycles. The summed E-state index contributed by atoms with van der Waals surface area (Å²) < 4.78 is 49.0. The molecule has 1 aliphatic rings. The molecule has 0 unspecified atom stereocenters. The molecule has 0 saturated heterocycles. The van der Waals surface area contributed by atoms with Crippen LogP contribution in [0.5, 0.6) is 0 Å². The van der Waals surface area contributed by atoms with Crippen LogP contribution in [0.15, 0.2) is 40.8 Å². The van der Waals surface area contributed by atoms with Crippen molar-refractivity contribution in [2.24, 2.45) is 0 Å². The number of esters is 1. The molecular weight excluding hydrogens is 363 g/mol. The van der Waals surface area contributed by atoms with E-state index in [0.717, 1.165) is 25.0 Å². The molecule has 1 heterocycles. The number of furan rings is 1. The van der Waals surface area contributed by atoms with Gasteiger partial charge in [-0.15, -0.1) is 0 Å². The Labute approximate surface area is 153 Å². The number of hydrogen-bond acceptors (Lipinski definition) is 4. The first-order valence-electron chi connectivity index (χ1n) is 8.53. The van der Waals surface area contributed by atoms with E-state index in [2.05, 4.69) is 0 Å². The third-order valence-electron chi connectivity index (χ3n) is 4.14. The zero-order chi connectivity index (χ0) is 19.6. The monoisotopic (exact) mass is 381 g/mol. The van der Waals surface area contributed by atoms with Crippen molar-refractivity contribution in [3.05, 3.63) is 47.7 Å². The first-order valence-corrected chi connectivity index (χ1v) is 8.53. The van der Waals surface area contributed by atoms with Gasteiger partial charge in [0.25, 0.3) is 5.91 Å². The Hall–Kier alpha value is -2.77. The molecule has 1 aromatic heterocycles. The molecule has 1 fully saturated rings. The summed E-state index contributed by atoms with van der Waals surface area (Å²) in [6.45, 7) is 1.71. The van der Waals surface area contributed by atoms with Gasteiger partial charge in [-0.25, -0.2) is 0 Å². The Morgan fingerprint density at radius 2 is 1.96 bits per heavy atom. The predicted molar refractivity (Wildman–Crippen MR) is 89.8 cm³/mol. The van der Waals surface area contributed by atoms with Crippen LogP contribution in [0, 0.1) is 0 Å². The van der Waals surface area contributed by atoms with Crippen LogP contribution in [0.25, 0.3) is 11.3 Å². The lowest BCUT2D eigenvalue weighted by atomic mass is 10.1. The van der Waals surface area contributed by atoms with E-state index in [9.17, 15) is 22.8 Å². The summed E-state index contributed by atoms with van der Waals surface area (Å²) >= 11 is 0. The second-order valence-electron chi connectivity index (χ2n) is 6.21. The number of alkyl halides is 3. The van der Waals surface area contributed by atoms with Crippen molar-refractivity contribution in [1.82, 2.24) is 4.90 Å². The van der Waals surface area contributed by atoms with Gasteiger partial charge in [-0.3, -0.25) is 9.59 Å². The SMILES string of the molecule is CCOC(=O)CN(C(=O)c1ccc(-c2cccc(C(F)(F)F)c2)o1)C1CC1. The number of ether oxygens (including phenoxy) is 1. The Bertz CT molecular complexity index is 839. The minimum atomic E-state index is -4.47. The van der Waals surface area contributed by atoms with Crippen molar-refractivity contribution in [2.75, 3.05) is 13.2 Å². The molecule has 27 heavy (non-hydrogen) atoms. The number of hydrogen-bond donors (Lipinski definition) is 0. The van der Waals surface area contributed by atoms with E-state index < -0.39 is 23.6 Å². The number of amides is 1. The Balaban J connectivity index is 1.80. The van der Waals surface area contributed by atoms with Gasteiger partial charge in [-0.1, -0.05) is 12.1 Å². The van der Waals surface area contributed by atoms with Crippen molar-refractivity contribution in [1.29, 1.82) is 0 Å². The Morgan fingerprint density at radius 3 is 2.59 bits per heavy atom. The topological polar surface area (TPSA) is 59.8 Å². The Kier molecular flexibility index (Phi) is 5.25. The van der Waals surface area contributed by atoms with E-state index in [1.165, 1.54) is 29.2 Å². The highest BCUT2D eigenvalue weighted by Gasteiger charge is 2.36. The third-order valence-corrected chi connectivity index (χ3v) is 4.14. The molecule has 144 valence electrons. The van der Waals surface area contributed by atoms with Crippen LogP contribution >= 0.6 is 0 Å². The number of rotatable bonds is 6. The fraction of sp³-hybridized carbons (Fsp3) is 0.368. The third kappa shape index (κ3) is 4.50. The first kappa shape index (κ1) is 19.0. The highest BCUT2D eigenvalue weighted by molar-refractivity contribution is 5.94. The summed E-state index contributed by atoms with van der Waals surface area (Å²) in [5, 5.41) is 0. The van der Waals surface area contributed by atoms with E-state index in [0.29, 0.717) is 0 Å². The van der Waals surface area contributed by atoms with Gasteiger partial charge in [0.15, 0.2) is 5.76 Å². The standard InChI is InChI=1S/C19H18F3NO4/c1-2-26-17(24)11-23(14-6-7-14)18(25)16-9-8-15(27-16)12-4-3-5-13(10-12)19(20,21)22/h3-5,8-10,14H,2,6-7,11H2,1H3. The predicted octanol–water partition coefficient (Wildman–Crippen LogP) is 4.13. The zero-order valence-electron chi connectivity index (χ0n) is 14.6. The van der Waals surface area contributed by atoms with Crippen molar-refractivity contribution in [3.63, 3.8) is 0 Å². The molecule has 1 aliphatic carbocycles. The van der Waals surface area contributed by atoms with Crippen LogP contribution in [-0.2, 0) is 15.7 Å². The van der Waals surface area contributed by atoms with E-state index >= 15 is 0 Å². The highest BCUT2D eigenvalue weighted by Crippen LogP contribution is 2.33. The summed E-state index contributed by atoms with van der Waals surface area (Å²) in [5.74, 6) is -0.874. The summed E-state index contributed by atoms with van der Waals surface area (Å²) in [5.41, 5.74) is -0.585. The summed E-state index contributed by atoms with van der Waals surface area (Å²) in [4.78, 5) is 25.8. The minimum absolute atomic E-state index is 0.0291. The summed E-state index contributed by atoms with van der Waals surface area (Å²) in [6.07, 6.45) is -2.90. The molecule has 1 amide bonds. The van der Waals surface area contributed by atoms with Crippen LogP contribution in [0.4, 0.5) is 13.2 Å². The van der Waals surface area contributed by atoms with Gasteiger partial charge in [0.1, 0.15) is 12.3 Å². The lowest BCUT2D eigenvalue weighted by Crippen LogP contribution is -2.38. The fourth-order valence-corrected chi connectivity index (χ4v) is 2.70. The average Bonchev–Trinajstić information content (AvgIpc) is 3.34. The van der Waals surface area contributed by atoms with Crippen LogP contribution in [0.2, 0.25) is 0 Å². The van der Waals surface area contributed by atoms with Crippen molar-refractivity contribution in [3.8, 4) is 11.3 Å². The Morgan fingerprint density at radius 1 is 1.22 bits per heavy atom.